The van der Waals surface area contributed by atoms with Crippen molar-refractivity contribution in [1.82, 2.24) is 25.0 Å². The highest BCUT2D eigenvalue weighted by Gasteiger charge is 2.22. The summed E-state index contributed by atoms with van der Waals surface area (Å²) in [7, 11) is 1.72. The quantitative estimate of drug-likeness (QED) is 0.586. The molecule has 0 aliphatic heterocycles. The Morgan fingerprint density at radius 3 is 2.68 bits per heavy atom. The van der Waals surface area contributed by atoms with Gasteiger partial charge >= 0.3 is 0 Å². The normalized spacial score (nSPS) is 11.1. The summed E-state index contributed by atoms with van der Waals surface area (Å²) in [6, 6.07) is 7.80. The van der Waals surface area contributed by atoms with Gasteiger partial charge in [-0.1, -0.05) is 17.3 Å². The highest BCUT2D eigenvalue weighted by molar-refractivity contribution is 6.02. The molecule has 7 heteroatoms. The summed E-state index contributed by atoms with van der Waals surface area (Å²) >= 11 is 0. The molecule has 3 aromatic heterocycles. The molecule has 0 unspecified atom stereocenters. The van der Waals surface area contributed by atoms with Crippen molar-refractivity contribution in [2.24, 2.45) is 0 Å². The van der Waals surface area contributed by atoms with Gasteiger partial charge in [0.25, 0.3) is 5.91 Å². The predicted molar refractivity (Wildman–Crippen MR) is 106 cm³/mol. The van der Waals surface area contributed by atoms with Gasteiger partial charge in [0.1, 0.15) is 12.2 Å². The zero-order valence-corrected chi connectivity index (χ0v) is 16.3. The summed E-state index contributed by atoms with van der Waals surface area (Å²) < 4.78 is 5.31. The Hall–Kier alpha value is -3.48. The van der Waals surface area contributed by atoms with Crippen LogP contribution in [0.5, 0.6) is 0 Å². The number of aromatic nitrogens is 4. The minimum atomic E-state index is -0.117. The molecule has 0 saturated carbocycles. The summed E-state index contributed by atoms with van der Waals surface area (Å²) in [6.45, 7) is 6.28. The summed E-state index contributed by atoms with van der Waals surface area (Å²) in [6.07, 6.45) is 3.35. The lowest BCUT2D eigenvalue weighted by Gasteiger charge is -2.14. The summed E-state index contributed by atoms with van der Waals surface area (Å²) in [5.74, 6) is 0.710. The molecule has 0 bridgehead atoms. The minimum absolute atomic E-state index is 0.117. The van der Waals surface area contributed by atoms with E-state index in [1.807, 2.05) is 26.0 Å². The number of aryl methyl sites for hydroxylation is 3. The van der Waals surface area contributed by atoms with Gasteiger partial charge in [-0.15, -0.1) is 0 Å². The number of hydrogen-bond donors (Lipinski definition) is 1. The standard InChI is InChI=1S/C21H21N5O2/c1-12-7-8-13(2)18-17(12)14(3)19(24-18)21(27)26(4)11-16-23-20(25-28-16)15-6-5-9-22-10-15/h5-10,24H,11H2,1-4H3. The average Bonchev–Trinajstić information content (AvgIpc) is 3.30. The monoisotopic (exact) mass is 375 g/mol. The van der Waals surface area contributed by atoms with Crippen LogP contribution in [0.4, 0.5) is 0 Å². The Kier molecular flexibility index (Phi) is 4.43. The number of nitrogens with one attached hydrogen (secondary N) is 1. The van der Waals surface area contributed by atoms with Crippen LogP contribution in [-0.4, -0.2) is 38.0 Å². The Balaban J connectivity index is 1.59. The maximum atomic E-state index is 13.0. The molecule has 3 heterocycles. The zero-order chi connectivity index (χ0) is 19.8. The molecule has 0 aliphatic carbocycles. The van der Waals surface area contributed by atoms with E-state index in [0.717, 1.165) is 33.2 Å². The van der Waals surface area contributed by atoms with Crippen molar-refractivity contribution >= 4 is 16.8 Å². The fourth-order valence-electron chi connectivity index (χ4n) is 3.41. The molecule has 0 atom stereocenters. The van der Waals surface area contributed by atoms with Gasteiger partial charge in [-0.25, -0.2) is 0 Å². The maximum Gasteiger partial charge on any atom is 0.270 e. The SMILES string of the molecule is Cc1ccc(C)c2c(C)c(C(=O)N(C)Cc3nc(-c4cccnc4)no3)[nH]c12. The number of rotatable bonds is 4. The van der Waals surface area contributed by atoms with Crippen LogP contribution in [-0.2, 0) is 6.54 Å². The van der Waals surface area contributed by atoms with Crippen LogP contribution in [0.1, 0.15) is 33.1 Å². The fourth-order valence-corrected chi connectivity index (χ4v) is 3.41. The molecule has 4 rings (SSSR count). The first kappa shape index (κ1) is 17.9. The molecule has 0 aliphatic rings. The largest absolute Gasteiger partial charge is 0.350 e. The smallest absolute Gasteiger partial charge is 0.270 e. The van der Waals surface area contributed by atoms with Crippen molar-refractivity contribution in [1.29, 1.82) is 0 Å². The Labute approximate surface area is 162 Å². The third-order valence-corrected chi connectivity index (χ3v) is 4.94. The van der Waals surface area contributed by atoms with E-state index in [4.69, 9.17) is 4.52 Å². The van der Waals surface area contributed by atoms with E-state index < -0.39 is 0 Å². The highest BCUT2D eigenvalue weighted by Crippen LogP contribution is 2.28. The maximum absolute atomic E-state index is 13.0. The average molecular weight is 375 g/mol. The van der Waals surface area contributed by atoms with Gasteiger partial charge < -0.3 is 14.4 Å². The van der Waals surface area contributed by atoms with E-state index in [9.17, 15) is 4.79 Å². The van der Waals surface area contributed by atoms with Gasteiger partial charge in [-0.05, 0) is 49.6 Å². The van der Waals surface area contributed by atoms with E-state index in [2.05, 4.69) is 39.2 Å². The number of amides is 1. The summed E-state index contributed by atoms with van der Waals surface area (Å²) in [5.41, 5.74) is 5.57. The van der Waals surface area contributed by atoms with Crippen molar-refractivity contribution < 1.29 is 9.32 Å². The van der Waals surface area contributed by atoms with Crippen LogP contribution in [0.25, 0.3) is 22.3 Å². The molecule has 4 aromatic rings. The molecule has 0 spiro atoms. The Bertz CT molecular complexity index is 1160. The van der Waals surface area contributed by atoms with Gasteiger partial charge in [0, 0.05) is 35.9 Å². The van der Waals surface area contributed by atoms with Crippen molar-refractivity contribution in [2.75, 3.05) is 7.05 Å². The molecule has 7 nitrogen and oxygen atoms in total. The van der Waals surface area contributed by atoms with E-state index in [-0.39, 0.29) is 12.5 Å². The minimum Gasteiger partial charge on any atom is -0.350 e. The van der Waals surface area contributed by atoms with Crippen molar-refractivity contribution in [3.8, 4) is 11.4 Å². The van der Waals surface area contributed by atoms with Crippen LogP contribution in [0.15, 0.2) is 41.2 Å². The second kappa shape index (κ2) is 6.92. The predicted octanol–water partition coefficient (Wildman–Crippen LogP) is 3.81. The first-order valence-electron chi connectivity index (χ1n) is 9.02. The number of aromatic amines is 1. The molecule has 142 valence electrons. The molecular weight excluding hydrogens is 354 g/mol. The first-order chi connectivity index (χ1) is 13.5. The van der Waals surface area contributed by atoms with E-state index in [1.165, 1.54) is 0 Å². The molecule has 1 N–H and O–H groups in total. The molecule has 0 fully saturated rings. The lowest BCUT2D eigenvalue weighted by Crippen LogP contribution is -2.27. The second-order valence-corrected chi connectivity index (χ2v) is 6.99. The number of H-pyrrole nitrogens is 1. The van der Waals surface area contributed by atoms with Gasteiger partial charge in [-0.2, -0.15) is 4.98 Å². The van der Waals surface area contributed by atoms with Crippen LogP contribution in [0, 0.1) is 20.8 Å². The van der Waals surface area contributed by atoms with Crippen LogP contribution in [0.3, 0.4) is 0 Å². The van der Waals surface area contributed by atoms with Crippen LogP contribution >= 0.6 is 0 Å². The van der Waals surface area contributed by atoms with Gasteiger partial charge in [0.15, 0.2) is 0 Å². The van der Waals surface area contributed by atoms with E-state index >= 15 is 0 Å². The number of benzene rings is 1. The number of pyridine rings is 1. The summed E-state index contributed by atoms with van der Waals surface area (Å²) in [5, 5.41) is 5.08. The van der Waals surface area contributed by atoms with E-state index in [1.54, 1.807) is 24.3 Å². The van der Waals surface area contributed by atoms with Crippen molar-refractivity contribution in [3.05, 3.63) is 64.9 Å². The number of hydrogen-bond acceptors (Lipinski definition) is 5. The zero-order valence-electron chi connectivity index (χ0n) is 16.3. The summed E-state index contributed by atoms with van der Waals surface area (Å²) in [4.78, 5) is 26.3. The molecule has 0 saturated heterocycles. The van der Waals surface area contributed by atoms with Crippen molar-refractivity contribution in [3.63, 3.8) is 0 Å². The topological polar surface area (TPSA) is 87.9 Å². The van der Waals surface area contributed by atoms with Gasteiger partial charge in [0.05, 0.1) is 0 Å². The number of carbonyl (C=O) groups excluding carboxylic acids is 1. The lowest BCUT2D eigenvalue weighted by atomic mass is 10.0. The highest BCUT2D eigenvalue weighted by atomic mass is 16.5. The molecule has 28 heavy (non-hydrogen) atoms. The lowest BCUT2D eigenvalue weighted by molar-refractivity contribution is 0.0764. The third-order valence-electron chi connectivity index (χ3n) is 4.94. The second-order valence-electron chi connectivity index (χ2n) is 6.99. The number of carbonyl (C=O) groups is 1. The Morgan fingerprint density at radius 2 is 1.96 bits per heavy atom. The third kappa shape index (κ3) is 3.05. The molecular formula is C21H21N5O2. The molecule has 1 amide bonds. The fraction of sp³-hybridized carbons (Fsp3) is 0.238. The Morgan fingerprint density at radius 1 is 1.18 bits per heavy atom. The first-order valence-corrected chi connectivity index (χ1v) is 9.02. The number of nitrogens with zero attached hydrogens (tertiary/aromatic N) is 4. The number of fused-ring (bicyclic) bond motifs is 1. The molecule has 0 radical (unpaired) electrons. The van der Waals surface area contributed by atoms with Gasteiger partial charge in [-0.3, -0.25) is 9.78 Å². The molecule has 1 aromatic carbocycles. The van der Waals surface area contributed by atoms with Crippen LogP contribution < -0.4 is 0 Å². The van der Waals surface area contributed by atoms with E-state index in [0.29, 0.717) is 17.4 Å². The van der Waals surface area contributed by atoms with Crippen LogP contribution in [0.2, 0.25) is 0 Å². The van der Waals surface area contributed by atoms with Gasteiger partial charge in [0.2, 0.25) is 11.7 Å². The van der Waals surface area contributed by atoms with Crippen molar-refractivity contribution in [2.45, 2.75) is 27.3 Å².